The number of aromatic nitrogens is 1. The number of Topliss-reactive ketones (excluding diaryl/α,β-unsaturated/α-hetero) is 1. The van der Waals surface area contributed by atoms with Crippen LogP contribution >= 0.6 is 0 Å². The van der Waals surface area contributed by atoms with Gasteiger partial charge in [0.05, 0.1) is 12.8 Å². The maximum Gasteiger partial charge on any atom is 0.268 e. The normalized spacial score (nSPS) is 20.1. The van der Waals surface area contributed by atoms with Gasteiger partial charge < -0.3 is 14.4 Å². The molecule has 1 amide bonds. The summed E-state index contributed by atoms with van der Waals surface area (Å²) in [6.07, 6.45) is 6.35. The molecule has 168 valence electrons. The Kier molecular flexibility index (Phi) is 5.57. The molecule has 7 heteroatoms. The average molecular weight is 438 g/mol. The molecular formula is C25H27FN2O4. The van der Waals surface area contributed by atoms with Crippen molar-refractivity contribution in [3.05, 3.63) is 46.9 Å². The van der Waals surface area contributed by atoms with Crippen LogP contribution in [0, 0.1) is 11.7 Å². The Hall–Kier alpha value is -2.96. The monoisotopic (exact) mass is 438 g/mol. The largest absolute Gasteiger partial charge is 0.479 e. The number of ether oxygens (including phenoxy) is 2. The van der Waals surface area contributed by atoms with Crippen molar-refractivity contribution in [3.63, 3.8) is 0 Å². The molecule has 1 saturated heterocycles. The van der Waals surface area contributed by atoms with Crippen molar-refractivity contribution in [2.75, 3.05) is 18.1 Å². The second-order valence-corrected chi connectivity index (χ2v) is 8.90. The number of carbonyl (C=O) groups excluding carboxylic acids is 2. The zero-order valence-electron chi connectivity index (χ0n) is 18.2. The lowest BCUT2D eigenvalue weighted by atomic mass is 10.1. The fourth-order valence-corrected chi connectivity index (χ4v) is 4.44. The molecule has 1 aromatic carbocycles. The summed E-state index contributed by atoms with van der Waals surface area (Å²) in [7, 11) is 0. The lowest BCUT2D eigenvalue weighted by Gasteiger charge is -2.19. The van der Waals surface area contributed by atoms with E-state index < -0.39 is 11.9 Å². The summed E-state index contributed by atoms with van der Waals surface area (Å²) in [5.41, 5.74) is 2.25. The molecule has 2 fully saturated rings. The molecular weight excluding hydrogens is 411 g/mol. The summed E-state index contributed by atoms with van der Waals surface area (Å²) in [6.45, 7) is 3.20. The predicted molar refractivity (Wildman–Crippen MR) is 117 cm³/mol. The lowest BCUT2D eigenvalue weighted by molar-refractivity contribution is -0.122. The maximum atomic E-state index is 14.5. The number of hydrogen-bond donors (Lipinski definition) is 0. The zero-order valence-corrected chi connectivity index (χ0v) is 18.2. The molecule has 0 spiro atoms. The molecule has 1 aromatic heterocycles. The van der Waals surface area contributed by atoms with E-state index in [0.717, 1.165) is 18.4 Å². The molecule has 2 aromatic rings. The van der Waals surface area contributed by atoms with Crippen LogP contribution in [0.4, 0.5) is 10.1 Å². The molecule has 0 bridgehead atoms. The smallest absolute Gasteiger partial charge is 0.268 e. The Labute approximate surface area is 186 Å². The van der Waals surface area contributed by atoms with E-state index in [1.165, 1.54) is 23.8 Å². The summed E-state index contributed by atoms with van der Waals surface area (Å²) >= 11 is 0. The van der Waals surface area contributed by atoms with Crippen LogP contribution in [0.25, 0.3) is 0 Å². The van der Waals surface area contributed by atoms with Crippen LogP contribution in [0.2, 0.25) is 0 Å². The number of carbonyl (C=O) groups is 2. The van der Waals surface area contributed by atoms with Gasteiger partial charge in [-0.15, -0.1) is 0 Å². The number of amides is 1. The number of benzene rings is 1. The van der Waals surface area contributed by atoms with Gasteiger partial charge >= 0.3 is 0 Å². The van der Waals surface area contributed by atoms with E-state index in [4.69, 9.17) is 9.47 Å². The highest BCUT2D eigenvalue weighted by molar-refractivity contribution is 6.04. The van der Waals surface area contributed by atoms with Gasteiger partial charge in [0.1, 0.15) is 11.6 Å². The molecule has 0 N–H and O–H groups in total. The van der Waals surface area contributed by atoms with Gasteiger partial charge in [0.2, 0.25) is 5.88 Å². The highest BCUT2D eigenvalue weighted by Gasteiger charge is 2.36. The molecule has 32 heavy (non-hydrogen) atoms. The van der Waals surface area contributed by atoms with Gasteiger partial charge in [-0.05, 0) is 55.4 Å². The minimum absolute atomic E-state index is 0.0706. The predicted octanol–water partition coefficient (Wildman–Crippen LogP) is 4.28. The van der Waals surface area contributed by atoms with E-state index in [2.05, 4.69) is 11.9 Å². The first-order valence-electron chi connectivity index (χ1n) is 11.5. The van der Waals surface area contributed by atoms with Crippen LogP contribution in [0.1, 0.15) is 60.5 Å². The van der Waals surface area contributed by atoms with E-state index in [1.807, 2.05) is 6.07 Å². The third kappa shape index (κ3) is 4.08. The summed E-state index contributed by atoms with van der Waals surface area (Å²) in [5.74, 6) is 1.09. The molecule has 0 radical (unpaired) electrons. The fourth-order valence-electron chi connectivity index (χ4n) is 4.44. The molecule has 6 nitrogen and oxygen atoms in total. The number of pyridine rings is 1. The van der Waals surface area contributed by atoms with Gasteiger partial charge in [-0.2, -0.15) is 0 Å². The van der Waals surface area contributed by atoms with Crippen molar-refractivity contribution >= 4 is 17.4 Å². The van der Waals surface area contributed by atoms with Gasteiger partial charge in [-0.1, -0.05) is 13.3 Å². The van der Waals surface area contributed by atoms with Crippen molar-refractivity contribution in [2.45, 2.75) is 58.0 Å². The molecule has 5 rings (SSSR count). The number of nitrogens with zero attached hydrogens (tertiary/aromatic N) is 2. The first-order valence-corrected chi connectivity index (χ1v) is 11.5. The Morgan fingerprint density at radius 3 is 2.78 bits per heavy atom. The maximum absolute atomic E-state index is 14.5. The zero-order chi connectivity index (χ0) is 22.2. The Bertz CT molecular complexity index is 1070. The van der Waals surface area contributed by atoms with Crippen LogP contribution in [0.15, 0.2) is 24.4 Å². The van der Waals surface area contributed by atoms with Gasteiger partial charge in [0.15, 0.2) is 11.9 Å². The van der Waals surface area contributed by atoms with Crippen molar-refractivity contribution < 1.29 is 23.5 Å². The Morgan fingerprint density at radius 2 is 2.00 bits per heavy atom. The number of fused-ring (bicyclic) bond motifs is 1. The van der Waals surface area contributed by atoms with Crippen LogP contribution in [-0.4, -0.2) is 35.9 Å². The Balaban J connectivity index is 1.30. The van der Waals surface area contributed by atoms with Crippen LogP contribution in [-0.2, 0) is 17.6 Å². The van der Waals surface area contributed by atoms with E-state index in [1.54, 1.807) is 12.3 Å². The SMILES string of the molecule is CCCc1cc(O[C@@H]2CCN(c3cc(F)c4c(c3)C(=O)CC4)C2=O)cnc1OCC1CC1. The van der Waals surface area contributed by atoms with E-state index in [9.17, 15) is 14.0 Å². The Morgan fingerprint density at radius 1 is 1.16 bits per heavy atom. The molecule has 0 unspecified atom stereocenters. The van der Waals surface area contributed by atoms with Gasteiger partial charge in [-0.3, -0.25) is 9.59 Å². The first-order chi connectivity index (χ1) is 15.5. The second-order valence-electron chi connectivity index (χ2n) is 8.90. The van der Waals surface area contributed by atoms with Crippen LogP contribution in [0.5, 0.6) is 11.6 Å². The summed E-state index contributed by atoms with van der Waals surface area (Å²) in [5, 5.41) is 0. The van der Waals surface area contributed by atoms with E-state index >= 15 is 0 Å². The molecule has 3 aliphatic rings. The topological polar surface area (TPSA) is 68.7 Å². The summed E-state index contributed by atoms with van der Waals surface area (Å²) in [6, 6.07) is 4.90. The molecule has 1 saturated carbocycles. The van der Waals surface area contributed by atoms with Gasteiger partial charge in [0.25, 0.3) is 5.91 Å². The standard InChI is InChI=1S/C25H27FN2O4/c1-2-3-16-10-18(13-27-24(16)31-14-15-4-5-15)32-23-8-9-28(25(23)30)17-11-20-19(21(26)12-17)6-7-22(20)29/h10-13,15,23H,2-9,14H2,1H3/t23-/m1/s1. The number of aryl methyl sites for hydroxylation is 1. The number of ketones is 1. The van der Waals surface area contributed by atoms with Gasteiger partial charge in [-0.25, -0.2) is 9.37 Å². The van der Waals surface area contributed by atoms with Crippen molar-refractivity contribution in [2.24, 2.45) is 5.92 Å². The second kappa shape index (κ2) is 8.52. The molecule has 1 aliphatic heterocycles. The average Bonchev–Trinajstić information content (AvgIpc) is 3.44. The van der Waals surface area contributed by atoms with Crippen molar-refractivity contribution in [1.82, 2.24) is 4.98 Å². The molecule has 1 atom stereocenters. The van der Waals surface area contributed by atoms with E-state index in [0.29, 0.717) is 66.8 Å². The van der Waals surface area contributed by atoms with Crippen LogP contribution in [0.3, 0.4) is 0 Å². The minimum Gasteiger partial charge on any atom is -0.479 e. The molecule has 2 heterocycles. The summed E-state index contributed by atoms with van der Waals surface area (Å²) in [4.78, 5) is 31.0. The highest BCUT2D eigenvalue weighted by Crippen LogP contribution is 2.33. The quantitative estimate of drug-likeness (QED) is 0.616. The van der Waals surface area contributed by atoms with Gasteiger partial charge in [0, 0.05) is 36.2 Å². The first kappa shape index (κ1) is 20.9. The number of halogens is 1. The van der Waals surface area contributed by atoms with Crippen LogP contribution < -0.4 is 14.4 Å². The molecule has 2 aliphatic carbocycles. The van der Waals surface area contributed by atoms with E-state index in [-0.39, 0.29) is 11.7 Å². The number of anilines is 1. The fraction of sp³-hybridized carbons (Fsp3) is 0.480. The number of rotatable bonds is 8. The lowest BCUT2D eigenvalue weighted by Crippen LogP contribution is -2.32. The summed E-state index contributed by atoms with van der Waals surface area (Å²) < 4.78 is 26.4. The minimum atomic E-state index is -0.670. The van der Waals surface area contributed by atoms with Crippen molar-refractivity contribution in [1.29, 1.82) is 0 Å². The number of hydrogen-bond acceptors (Lipinski definition) is 5. The highest BCUT2D eigenvalue weighted by atomic mass is 19.1. The third-order valence-corrected chi connectivity index (χ3v) is 6.40. The van der Waals surface area contributed by atoms with Crippen molar-refractivity contribution in [3.8, 4) is 11.6 Å². The third-order valence-electron chi connectivity index (χ3n) is 6.40.